The van der Waals surface area contributed by atoms with Gasteiger partial charge in [0, 0.05) is 36.6 Å². The van der Waals surface area contributed by atoms with Gasteiger partial charge in [0.05, 0.1) is 6.54 Å². The summed E-state index contributed by atoms with van der Waals surface area (Å²) in [6, 6.07) is 14.5. The average molecular weight is 366 g/mol. The SMILES string of the molecule is NC(=O)CCN(C(=O)c1ccc(Cn2cccn2)cc1)c1ccc(F)cc1. The number of carbonyl (C=O) groups is 2. The zero-order valence-electron chi connectivity index (χ0n) is 14.6. The first kappa shape index (κ1) is 18.3. The van der Waals surface area contributed by atoms with Crippen molar-refractivity contribution in [3.8, 4) is 0 Å². The molecular formula is C20H19FN4O2. The van der Waals surface area contributed by atoms with Crippen LogP contribution in [-0.4, -0.2) is 28.1 Å². The van der Waals surface area contributed by atoms with Crippen molar-refractivity contribution in [2.45, 2.75) is 13.0 Å². The molecule has 0 aliphatic rings. The Morgan fingerprint density at radius 3 is 2.37 bits per heavy atom. The molecule has 0 bridgehead atoms. The van der Waals surface area contributed by atoms with Crippen LogP contribution in [0.25, 0.3) is 0 Å². The summed E-state index contributed by atoms with van der Waals surface area (Å²) in [5.41, 5.74) is 7.19. The quantitative estimate of drug-likeness (QED) is 0.698. The lowest BCUT2D eigenvalue weighted by Gasteiger charge is -2.22. The molecule has 0 saturated carbocycles. The minimum absolute atomic E-state index is 0.0144. The number of rotatable bonds is 7. The Hall–Kier alpha value is -3.48. The number of primary amides is 1. The lowest BCUT2D eigenvalue weighted by Crippen LogP contribution is -2.34. The van der Waals surface area contributed by atoms with Crippen LogP contribution < -0.4 is 10.6 Å². The highest BCUT2D eigenvalue weighted by atomic mass is 19.1. The summed E-state index contributed by atoms with van der Waals surface area (Å²) in [5.74, 6) is -1.19. The van der Waals surface area contributed by atoms with Crippen molar-refractivity contribution in [2.75, 3.05) is 11.4 Å². The normalized spacial score (nSPS) is 10.6. The highest BCUT2D eigenvalue weighted by Gasteiger charge is 2.18. The number of nitrogens with zero attached hydrogens (tertiary/aromatic N) is 3. The summed E-state index contributed by atoms with van der Waals surface area (Å²) in [5, 5.41) is 4.15. The van der Waals surface area contributed by atoms with Crippen LogP contribution in [0.5, 0.6) is 0 Å². The van der Waals surface area contributed by atoms with Gasteiger partial charge in [-0.1, -0.05) is 12.1 Å². The van der Waals surface area contributed by atoms with Gasteiger partial charge in [0.25, 0.3) is 5.91 Å². The molecule has 0 fully saturated rings. The largest absolute Gasteiger partial charge is 0.370 e. The number of halogens is 1. The maximum atomic E-state index is 13.2. The third-order valence-electron chi connectivity index (χ3n) is 4.07. The Labute approximate surface area is 156 Å². The van der Waals surface area contributed by atoms with Gasteiger partial charge in [0.15, 0.2) is 0 Å². The van der Waals surface area contributed by atoms with Crippen molar-refractivity contribution in [1.82, 2.24) is 9.78 Å². The molecule has 2 aromatic carbocycles. The molecule has 2 amide bonds. The van der Waals surface area contributed by atoms with Crippen LogP contribution >= 0.6 is 0 Å². The Balaban J connectivity index is 1.79. The molecule has 1 heterocycles. The van der Waals surface area contributed by atoms with Crippen molar-refractivity contribution >= 4 is 17.5 Å². The first-order valence-corrected chi connectivity index (χ1v) is 8.45. The molecule has 0 saturated heterocycles. The number of benzene rings is 2. The number of carbonyl (C=O) groups excluding carboxylic acids is 2. The zero-order chi connectivity index (χ0) is 19.2. The molecular weight excluding hydrogens is 347 g/mol. The first-order valence-electron chi connectivity index (χ1n) is 8.45. The summed E-state index contributed by atoms with van der Waals surface area (Å²) < 4.78 is 15.0. The fourth-order valence-corrected chi connectivity index (χ4v) is 2.68. The van der Waals surface area contributed by atoms with Crippen molar-refractivity contribution < 1.29 is 14.0 Å². The zero-order valence-corrected chi connectivity index (χ0v) is 14.6. The molecule has 0 atom stereocenters. The fraction of sp³-hybridized carbons (Fsp3) is 0.150. The van der Waals surface area contributed by atoms with Crippen molar-refractivity contribution in [2.24, 2.45) is 5.73 Å². The summed E-state index contributed by atoms with van der Waals surface area (Å²) >= 11 is 0. The molecule has 3 rings (SSSR count). The van der Waals surface area contributed by atoms with E-state index in [4.69, 9.17) is 5.73 Å². The molecule has 27 heavy (non-hydrogen) atoms. The second kappa shape index (κ2) is 8.27. The third-order valence-corrected chi connectivity index (χ3v) is 4.07. The molecule has 3 aromatic rings. The number of hydrogen-bond donors (Lipinski definition) is 1. The predicted octanol–water partition coefficient (Wildman–Crippen LogP) is 2.59. The maximum Gasteiger partial charge on any atom is 0.258 e. The molecule has 0 aliphatic heterocycles. The monoisotopic (exact) mass is 366 g/mol. The van der Waals surface area contributed by atoms with Gasteiger partial charge in [0.1, 0.15) is 5.82 Å². The van der Waals surface area contributed by atoms with Crippen LogP contribution in [0.3, 0.4) is 0 Å². The second-order valence-electron chi connectivity index (χ2n) is 6.05. The van der Waals surface area contributed by atoms with Crippen LogP contribution in [0.1, 0.15) is 22.3 Å². The van der Waals surface area contributed by atoms with Gasteiger partial charge < -0.3 is 10.6 Å². The van der Waals surface area contributed by atoms with Crippen molar-refractivity contribution in [3.63, 3.8) is 0 Å². The summed E-state index contributed by atoms with van der Waals surface area (Å²) in [7, 11) is 0. The van der Waals surface area contributed by atoms with Gasteiger partial charge in [-0.3, -0.25) is 14.3 Å². The summed E-state index contributed by atoms with van der Waals surface area (Å²) in [6.45, 7) is 0.722. The molecule has 0 spiro atoms. The fourth-order valence-electron chi connectivity index (χ4n) is 2.68. The summed E-state index contributed by atoms with van der Waals surface area (Å²) in [4.78, 5) is 25.5. The molecule has 0 unspecified atom stereocenters. The van der Waals surface area contributed by atoms with E-state index >= 15 is 0 Å². The van der Waals surface area contributed by atoms with E-state index < -0.39 is 11.7 Å². The number of aromatic nitrogens is 2. The van der Waals surface area contributed by atoms with Gasteiger partial charge in [0.2, 0.25) is 5.91 Å². The standard InChI is InChI=1S/C20H19FN4O2/c21-17-6-8-18(9-7-17)25(13-10-19(22)26)20(27)16-4-2-15(3-5-16)14-24-12-1-11-23-24/h1-9,11-12H,10,13-14H2,(H2,22,26). The van der Waals surface area contributed by atoms with E-state index in [0.29, 0.717) is 17.8 Å². The number of hydrogen-bond acceptors (Lipinski definition) is 3. The van der Waals surface area contributed by atoms with Crippen LogP contribution in [-0.2, 0) is 11.3 Å². The minimum Gasteiger partial charge on any atom is -0.370 e. The highest BCUT2D eigenvalue weighted by molar-refractivity contribution is 6.06. The van der Waals surface area contributed by atoms with Gasteiger partial charge >= 0.3 is 0 Å². The van der Waals surface area contributed by atoms with E-state index in [1.54, 1.807) is 23.0 Å². The van der Waals surface area contributed by atoms with Crippen molar-refractivity contribution in [3.05, 3.63) is 83.9 Å². The molecule has 1 aromatic heterocycles. The number of nitrogens with two attached hydrogens (primary N) is 1. The van der Waals surface area contributed by atoms with Crippen LogP contribution in [0.15, 0.2) is 67.0 Å². The van der Waals surface area contributed by atoms with E-state index in [0.717, 1.165) is 5.56 Å². The lowest BCUT2D eigenvalue weighted by atomic mass is 10.1. The molecule has 0 radical (unpaired) electrons. The van der Waals surface area contributed by atoms with Gasteiger partial charge in [-0.25, -0.2) is 4.39 Å². The third kappa shape index (κ3) is 4.78. The average Bonchev–Trinajstić information content (AvgIpc) is 3.16. The lowest BCUT2D eigenvalue weighted by molar-refractivity contribution is -0.117. The van der Waals surface area contributed by atoms with Gasteiger partial charge in [-0.05, 0) is 48.0 Å². The molecule has 0 aliphatic carbocycles. The first-order chi connectivity index (χ1) is 13.0. The maximum absolute atomic E-state index is 13.2. The topological polar surface area (TPSA) is 81.2 Å². The second-order valence-corrected chi connectivity index (χ2v) is 6.05. The molecule has 138 valence electrons. The van der Waals surface area contributed by atoms with Crippen molar-refractivity contribution in [1.29, 1.82) is 0 Å². The molecule has 7 heteroatoms. The van der Waals surface area contributed by atoms with E-state index in [1.165, 1.54) is 29.2 Å². The Morgan fingerprint density at radius 1 is 1.07 bits per heavy atom. The van der Waals surface area contributed by atoms with Crippen LogP contribution in [0, 0.1) is 5.82 Å². The van der Waals surface area contributed by atoms with E-state index in [9.17, 15) is 14.0 Å². The number of amides is 2. The number of anilines is 1. The minimum atomic E-state index is -0.510. The van der Waals surface area contributed by atoms with Crippen LogP contribution in [0.2, 0.25) is 0 Å². The molecule has 2 N–H and O–H groups in total. The van der Waals surface area contributed by atoms with Gasteiger partial charge in [-0.2, -0.15) is 5.10 Å². The van der Waals surface area contributed by atoms with E-state index in [2.05, 4.69) is 5.10 Å². The summed E-state index contributed by atoms with van der Waals surface area (Å²) in [6.07, 6.45) is 3.58. The Bertz CT molecular complexity index is 906. The predicted molar refractivity (Wildman–Crippen MR) is 99.7 cm³/mol. The van der Waals surface area contributed by atoms with E-state index in [1.807, 2.05) is 24.4 Å². The molecule has 6 nitrogen and oxygen atoms in total. The Kier molecular flexibility index (Phi) is 5.61. The smallest absolute Gasteiger partial charge is 0.258 e. The van der Waals surface area contributed by atoms with Crippen LogP contribution in [0.4, 0.5) is 10.1 Å². The Morgan fingerprint density at radius 2 is 1.78 bits per heavy atom. The highest BCUT2D eigenvalue weighted by Crippen LogP contribution is 2.19. The van der Waals surface area contributed by atoms with Gasteiger partial charge in [-0.15, -0.1) is 0 Å². The van der Waals surface area contributed by atoms with E-state index in [-0.39, 0.29) is 18.9 Å².